The van der Waals surface area contributed by atoms with Crippen LogP contribution >= 0.6 is 0 Å². The number of carbonyl (C=O) groups is 1. The molecule has 0 unspecified atom stereocenters. The van der Waals surface area contributed by atoms with Crippen molar-refractivity contribution in [3.05, 3.63) is 17.1 Å². The van der Waals surface area contributed by atoms with Crippen molar-refractivity contribution >= 4 is 11.8 Å². The predicted octanol–water partition coefficient (Wildman–Crippen LogP) is 2.37. The first-order valence-corrected chi connectivity index (χ1v) is 8.89. The third kappa shape index (κ3) is 3.24. The zero-order chi connectivity index (χ0) is 17.2. The van der Waals surface area contributed by atoms with Crippen LogP contribution in [0.25, 0.3) is 0 Å². The van der Waals surface area contributed by atoms with Crippen molar-refractivity contribution in [1.29, 1.82) is 0 Å². The number of piperidine rings is 1. The summed E-state index contributed by atoms with van der Waals surface area (Å²) in [6.45, 7) is 3.95. The molecular formula is C18H27N3O3. The molecule has 2 heterocycles. The molecule has 0 spiro atoms. The molecule has 1 N–H and O–H groups in total. The van der Waals surface area contributed by atoms with Crippen molar-refractivity contribution < 1.29 is 14.6 Å². The van der Waals surface area contributed by atoms with Gasteiger partial charge < -0.3 is 14.7 Å². The molecule has 3 rings (SSSR count). The second kappa shape index (κ2) is 7.05. The van der Waals surface area contributed by atoms with E-state index in [-0.39, 0.29) is 0 Å². The van der Waals surface area contributed by atoms with E-state index in [2.05, 4.69) is 14.9 Å². The number of carboxylic acids is 1. The molecule has 132 valence electrons. The fraction of sp³-hybridized carbons (Fsp3) is 0.722. The molecule has 24 heavy (non-hydrogen) atoms. The van der Waals surface area contributed by atoms with Gasteiger partial charge >= 0.3 is 5.97 Å². The van der Waals surface area contributed by atoms with Gasteiger partial charge in [-0.05, 0) is 51.9 Å². The van der Waals surface area contributed by atoms with Gasteiger partial charge in [-0.2, -0.15) is 0 Å². The number of methoxy groups -OCH3 is 1. The minimum atomic E-state index is -0.693. The van der Waals surface area contributed by atoms with Crippen molar-refractivity contribution in [2.75, 3.05) is 31.7 Å². The number of ether oxygens (including phenoxy) is 1. The number of aromatic nitrogens is 2. The number of nitrogens with zero attached hydrogens (tertiary/aromatic N) is 3. The number of carboxylic acid groups (broad SMARTS) is 1. The Hall–Kier alpha value is -1.69. The minimum Gasteiger partial charge on any atom is -0.481 e. The zero-order valence-corrected chi connectivity index (χ0v) is 14.7. The average Bonchev–Trinajstić information content (AvgIpc) is 3.02. The summed E-state index contributed by atoms with van der Waals surface area (Å²) in [4.78, 5) is 23.5. The minimum absolute atomic E-state index is 0.537. The van der Waals surface area contributed by atoms with E-state index in [0.29, 0.717) is 19.6 Å². The first kappa shape index (κ1) is 17.1. The second-order valence-electron chi connectivity index (χ2n) is 7.08. The maximum absolute atomic E-state index is 12.0. The van der Waals surface area contributed by atoms with Crippen molar-refractivity contribution in [2.24, 2.45) is 5.41 Å². The summed E-state index contributed by atoms with van der Waals surface area (Å²) >= 11 is 0. The van der Waals surface area contributed by atoms with Crippen molar-refractivity contribution in [3.8, 4) is 0 Å². The van der Waals surface area contributed by atoms with Crippen molar-refractivity contribution in [1.82, 2.24) is 9.97 Å². The highest BCUT2D eigenvalue weighted by atomic mass is 16.5. The van der Waals surface area contributed by atoms with E-state index >= 15 is 0 Å². The summed E-state index contributed by atoms with van der Waals surface area (Å²) in [6.07, 6.45) is 6.18. The lowest BCUT2D eigenvalue weighted by atomic mass is 9.76. The molecule has 6 nitrogen and oxygen atoms in total. The van der Waals surface area contributed by atoms with Crippen LogP contribution in [0, 0.1) is 12.3 Å². The summed E-state index contributed by atoms with van der Waals surface area (Å²) in [5, 5.41) is 9.90. The monoisotopic (exact) mass is 333 g/mol. The van der Waals surface area contributed by atoms with Crippen molar-refractivity contribution in [3.63, 3.8) is 0 Å². The molecule has 6 heteroatoms. The Morgan fingerprint density at radius 3 is 2.92 bits per heavy atom. The maximum Gasteiger partial charge on any atom is 0.311 e. The summed E-state index contributed by atoms with van der Waals surface area (Å²) in [7, 11) is 1.66. The molecule has 1 aromatic rings. The lowest BCUT2D eigenvalue weighted by Gasteiger charge is -2.41. The Bertz CT molecular complexity index is 620. The Labute approximate surface area is 143 Å². The van der Waals surface area contributed by atoms with Gasteiger partial charge in [0, 0.05) is 38.1 Å². The van der Waals surface area contributed by atoms with Crippen LogP contribution in [0.1, 0.15) is 49.2 Å². The highest BCUT2D eigenvalue weighted by Gasteiger charge is 2.43. The van der Waals surface area contributed by atoms with Gasteiger partial charge in [-0.25, -0.2) is 9.97 Å². The Kier molecular flexibility index (Phi) is 5.04. The van der Waals surface area contributed by atoms with E-state index in [1.54, 1.807) is 7.11 Å². The first-order valence-electron chi connectivity index (χ1n) is 8.89. The van der Waals surface area contributed by atoms with E-state index in [4.69, 9.17) is 4.74 Å². The lowest BCUT2D eigenvalue weighted by molar-refractivity contribution is -0.150. The van der Waals surface area contributed by atoms with E-state index < -0.39 is 11.4 Å². The molecule has 1 aliphatic heterocycles. The fourth-order valence-electron chi connectivity index (χ4n) is 4.15. The number of hydrogen-bond acceptors (Lipinski definition) is 5. The summed E-state index contributed by atoms with van der Waals surface area (Å²) in [5.74, 6) is 1.08. The molecule has 1 atom stereocenters. The van der Waals surface area contributed by atoms with Crippen LogP contribution in [0.15, 0.2) is 0 Å². The molecule has 0 amide bonds. The topological polar surface area (TPSA) is 75.6 Å². The van der Waals surface area contributed by atoms with Gasteiger partial charge in [-0.1, -0.05) is 0 Å². The summed E-state index contributed by atoms with van der Waals surface area (Å²) < 4.78 is 5.12. The van der Waals surface area contributed by atoms with Gasteiger partial charge in [0.1, 0.15) is 11.6 Å². The number of anilines is 1. The van der Waals surface area contributed by atoms with Gasteiger partial charge in [0.2, 0.25) is 0 Å². The number of aliphatic carboxylic acids is 1. The van der Waals surface area contributed by atoms with Crippen LogP contribution in [-0.2, 0) is 22.4 Å². The van der Waals surface area contributed by atoms with Crippen LogP contribution < -0.4 is 4.90 Å². The number of rotatable bonds is 6. The SMILES string of the molecule is COCCC[C@@]1(C(=O)O)CCCN(c2nc(C)nc3c2CCC3)C1. The number of aryl methyl sites for hydroxylation is 2. The molecule has 1 aromatic heterocycles. The molecule has 0 aromatic carbocycles. The molecular weight excluding hydrogens is 306 g/mol. The second-order valence-corrected chi connectivity index (χ2v) is 7.08. The third-order valence-corrected chi connectivity index (χ3v) is 5.36. The van der Waals surface area contributed by atoms with Crippen LogP contribution in [0.4, 0.5) is 5.82 Å². The smallest absolute Gasteiger partial charge is 0.311 e. The molecule has 1 fully saturated rings. The fourth-order valence-corrected chi connectivity index (χ4v) is 4.15. The van der Waals surface area contributed by atoms with Crippen LogP contribution in [0.2, 0.25) is 0 Å². The number of hydrogen-bond donors (Lipinski definition) is 1. The zero-order valence-electron chi connectivity index (χ0n) is 14.7. The Morgan fingerprint density at radius 1 is 1.33 bits per heavy atom. The largest absolute Gasteiger partial charge is 0.481 e. The Balaban J connectivity index is 1.86. The molecule has 0 saturated carbocycles. The van der Waals surface area contributed by atoms with Gasteiger partial charge in [0.05, 0.1) is 5.41 Å². The quantitative estimate of drug-likeness (QED) is 0.806. The predicted molar refractivity (Wildman–Crippen MR) is 91.4 cm³/mol. The van der Waals surface area contributed by atoms with Crippen LogP contribution in [0.3, 0.4) is 0 Å². The van der Waals surface area contributed by atoms with E-state index in [0.717, 1.165) is 62.4 Å². The molecule has 1 saturated heterocycles. The van der Waals surface area contributed by atoms with Crippen LogP contribution in [-0.4, -0.2) is 47.8 Å². The van der Waals surface area contributed by atoms with Gasteiger partial charge in [0.15, 0.2) is 0 Å². The molecule has 1 aliphatic carbocycles. The normalized spacial score (nSPS) is 23.3. The van der Waals surface area contributed by atoms with Gasteiger partial charge in [-0.3, -0.25) is 4.79 Å². The van der Waals surface area contributed by atoms with Crippen LogP contribution in [0.5, 0.6) is 0 Å². The van der Waals surface area contributed by atoms with Gasteiger partial charge in [0.25, 0.3) is 0 Å². The number of fused-ring (bicyclic) bond motifs is 1. The third-order valence-electron chi connectivity index (χ3n) is 5.36. The average molecular weight is 333 g/mol. The standard InChI is InChI=1S/C18H27N3O3/c1-13-19-15-7-3-6-14(15)16(20-13)21-10-4-8-18(12-21,17(22)23)9-5-11-24-2/h3-12H2,1-2H3,(H,22,23)/t18-/m0/s1. The van der Waals surface area contributed by atoms with E-state index in [9.17, 15) is 9.90 Å². The molecule has 2 aliphatic rings. The van der Waals surface area contributed by atoms with E-state index in [1.165, 1.54) is 5.56 Å². The van der Waals surface area contributed by atoms with Crippen molar-refractivity contribution in [2.45, 2.75) is 51.9 Å². The lowest BCUT2D eigenvalue weighted by Crippen LogP contribution is -2.48. The maximum atomic E-state index is 12.0. The molecule has 0 radical (unpaired) electrons. The van der Waals surface area contributed by atoms with Gasteiger partial charge in [-0.15, -0.1) is 0 Å². The summed E-state index contributed by atoms with van der Waals surface area (Å²) in [6, 6.07) is 0. The molecule has 0 bridgehead atoms. The Morgan fingerprint density at radius 2 is 2.17 bits per heavy atom. The van der Waals surface area contributed by atoms with E-state index in [1.807, 2.05) is 6.92 Å². The highest BCUT2D eigenvalue weighted by Crippen LogP contribution is 2.38. The first-order chi connectivity index (χ1) is 11.6. The summed E-state index contributed by atoms with van der Waals surface area (Å²) in [5.41, 5.74) is 1.70. The highest BCUT2D eigenvalue weighted by molar-refractivity contribution is 5.76.